The first kappa shape index (κ1) is 11.5. The molecule has 0 bridgehead atoms. The van der Waals surface area contributed by atoms with E-state index in [9.17, 15) is 5.11 Å². The van der Waals surface area contributed by atoms with Crippen LogP contribution in [0.25, 0.3) is 11.3 Å². The summed E-state index contributed by atoms with van der Waals surface area (Å²) in [6.45, 7) is 3.15. The van der Waals surface area contributed by atoms with Crippen molar-refractivity contribution in [3.05, 3.63) is 47.2 Å². The van der Waals surface area contributed by atoms with E-state index in [0.29, 0.717) is 19.6 Å². The van der Waals surface area contributed by atoms with Gasteiger partial charge in [0, 0.05) is 12.0 Å². The Balaban J connectivity index is 1.88. The Labute approximate surface area is 106 Å². The van der Waals surface area contributed by atoms with Crippen molar-refractivity contribution < 1.29 is 14.3 Å². The lowest BCUT2D eigenvalue weighted by Gasteiger charge is -2.02. The lowest BCUT2D eigenvalue weighted by Crippen LogP contribution is -2.02. The molecule has 0 saturated carbocycles. The number of aliphatic hydroxyl groups is 1. The second kappa shape index (κ2) is 4.59. The van der Waals surface area contributed by atoms with Crippen LogP contribution in [0.15, 0.2) is 34.7 Å². The Bertz CT molecular complexity index is 555. The summed E-state index contributed by atoms with van der Waals surface area (Å²) in [6.07, 6.45) is 0.172. The van der Waals surface area contributed by atoms with E-state index in [2.05, 4.69) is 18.2 Å². The van der Waals surface area contributed by atoms with Gasteiger partial charge < -0.3 is 14.3 Å². The van der Waals surface area contributed by atoms with Gasteiger partial charge in [-0.3, -0.25) is 0 Å². The van der Waals surface area contributed by atoms with Crippen molar-refractivity contribution in [2.24, 2.45) is 0 Å². The predicted molar refractivity (Wildman–Crippen MR) is 68.0 cm³/mol. The maximum Gasteiger partial charge on any atom is 0.134 e. The van der Waals surface area contributed by atoms with Crippen LogP contribution in [-0.2, 0) is 24.4 Å². The van der Waals surface area contributed by atoms with Gasteiger partial charge in [0.1, 0.15) is 11.5 Å². The molecule has 1 aliphatic heterocycles. The normalized spacial score (nSPS) is 15.7. The Kier molecular flexibility index (Phi) is 2.94. The lowest BCUT2D eigenvalue weighted by molar-refractivity contribution is 0.134. The van der Waals surface area contributed by atoms with E-state index in [1.165, 1.54) is 11.1 Å². The summed E-state index contributed by atoms with van der Waals surface area (Å²) in [5.74, 6) is 1.66. The first-order chi connectivity index (χ1) is 8.72. The molecule has 3 heteroatoms. The largest absolute Gasteiger partial charge is 0.461 e. The SMILES string of the molecule is CC(O)Cc1ccc(-c2ccc3c(c2)COC3)o1. The van der Waals surface area contributed by atoms with E-state index in [1.807, 2.05) is 12.1 Å². The van der Waals surface area contributed by atoms with Crippen LogP contribution in [0.1, 0.15) is 23.8 Å². The van der Waals surface area contributed by atoms with Gasteiger partial charge in [-0.2, -0.15) is 0 Å². The van der Waals surface area contributed by atoms with Crippen LogP contribution < -0.4 is 0 Å². The average molecular weight is 244 g/mol. The number of ether oxygens (including phenoxy) is 1. The van der Waals surface area contributed by atoms with Crippen molar-refractivity contribution in [1.29, 1.82) is 0 Å². The standard InChI is InChI=1S/C15H16O3/c1-10(16)6-14-4-5-15(18-14)11-2-3-12-8-17-9-13(12)7-11/h2-5,7,10,16H,6,8-9H2,1H3. The van der Waals surface area contributed by atoms with Crippen LogP contribution in [0.4, 0.5) is 0 Å². The molecule has 0 fully saturated rings. The maximum absolute atomic E-state index is 9.34. The second-order valence-electron chi connectivity index (χ2n) is 4.80. The maximum atomic E-state index is 9.34. The minimum Gasteiger partial charge on any atom is -0.461 e. The van der Waals surface area contributed by atoms with Crippen molar-refractivity contribution in [3.8, 4) is 11.3 Å². The zero-order valence-corrected chi connectivity index (χ0v) is 10.3. The van der Waals surface area contributed by atoms with Crippen molar-refractivity contribution in [3.63, 3.8) is 0 Å². The molecule has 1 aliphatic rings. The highest BCUT2D eigenvalue weighted by atomic mass is 16.5. The molecule has 1 aromatic heterocycles. The minimum absolute atomic E-state index is 0.377. The molecule has 3 rings (SSSR count). The molecule has 1 atom stereocenters. The van der Waals surface area contributed by atoms with Crippen molar-refractivity contribution in [1.82, 2.24) is 0 Å². The van der Waals surface area contributed by atoms with E-state index >= 15 is 0 Å². The van der Waals surface area contributed by atoms with Crippen LogP contribution in [0.5, 0.6) is 0 Å². The highest BCUT2D eigenvalue weighted by molar-refractivity contribution is 5.60. The van der Waals surface area contributed by atoms with Gasteiger partial charge in [0.15, 0.2) is 0 Å². The fourth-order valence-electron chi connectivity index (χ4n) is 2.26. The first-order valence-corrected chi connectivity index (χ1v) is 6.19. The summed E-state index contributed by atoms with van der Waals surface area (Å²) in [4.78, 5) is 0. The van der Waals surface area contributed by atoms with E-state index in [1.54, 1.807) is 6.92 Å². The molecule has 0 aliphatic carbocycles. The van der Waals surface area contributed by atoms with Crippen LogP contribution in [0.3, 0.4) is 0 Å². The number of aliphatic hydroxyl groups excluding tert-OH is 1. The van der Waals surface area contributed by atoms with Crippen LogP contribution in [0, 0.1) is 0 Å². The number of fused-ring (bicyclic) bond motifs is 1. The Hall–Kier alpha value is -1.58. The molecule has 2 heterocycles. The van der Waals surface area contributed by atoms with Crippen molar-refractivity contribution in [2.45, 2.75) is 32.7 Å². The first-order valence-electron chi connectivity index (χ1n) is 6.19. The van der Waals surface area contributed by atoms with Gasteiger partial charge in [-0.1, -0.05) is 12.1 Å². The third kappa shape index (κ3) is 2.19. The van der Waals surface area contributed by atoms with Gasteiger partial charge in [-0.25, -0.2) is 0 Å². The molecule has 3 nitrogen and oxygen atoms in total. The Morgan fingerprint density at radius 1 is 1.17 bits per heavy atom. The summed E-state index contributed by atoms with van der Waals surface area (Å²) < 4.78 is 11.1. The van der Waals surface area contributed by atoms with Crippen LogP contribution >= 0.6 is 0 Å². The third-order valence-electron chi connectivity index (χ3n) is 3.16. The molecule has 0 spiro atoms. The molecule has 1 N–H and O–H groups in total. The topological polar surface area (TPSA) is 42.6 Å². The zero-order valence-electron chi connectivity index (χ0n) is 10.3. The quantitative estimate of drug-likeness (QED) is 0.902. The highest BCUT2D eigenvalue weighted by Crippen LogP contribution is 2.28. The summed E-state index contributed by atoms with van der Waals surface area (Å²) in [5.41, 5.74) is 3.56. The number of hydrogen-bond donors (Lipinski definition) is 1. The predicted octanol–water partition coefficient (Wildman–Crippen LogP) is 2.90. The molecule has 0 radical (unpaired) electrons. The summed E-state index contributed by atoms with van der Waals surface area (Å²) in [6, 6.07) is 10.1. The summed E-state index contributed by atoms with van der Waals surface area (Å²) >= 11 is 0. The number of rotatable bonds is 3. The molecule has 0 amide bonds. The average Bonchev–Trinajstić information content (AvgIpc) is 2.95. The minimum atomic E-state index is -0.377. The Morgan fingerprint density at radius 2 is 2.00 bits per heavy atom. The molecular formula is C15H16O3. The molecule has 1 aromatic carbocycles. The molecular weight excluding hydrogens is 228 g/mol. The monoisotopic (exact) mass is 244 g/mol. The molecule has 2 aromatic rings. The summed E-state index contributed by atoms with van der Waals surface area (Å²) in [5, 5.41) is 9.34. The molecule has 1 unspecified atom stereocenters. The number of benzene rings is 1. The number of hydrogen-bond acceptors (Lipinski definition) is 3. The van der Waals surface area contributed by atoms with Gasteiger partial charge in [-0.05, 0) is 36.2 Å². The third-order valence-corrected chi connectivity index (χ3v) is 3.16. The van der Waals surface area contributed by atoms with Gasteiger partial charge in [0.05, 0.1) is 19.3 Å². The molecule has 18 heavy (non-hydrogen) atoms. The highest BCUT2D eigenvalue weighted by Gasteiger charge is 2.13. The molecule has 94 valence electrons. The van der Waals surface area contributed by atoms with Gasteiger partial charge in [-0.15, -0.1) is 0 Å². The second-order valence-corrected chi connectivity index (χ2v) is 4.80. The van der Waals surface area contributed by atoms with E-state index in [-0.39, 0.29) is 6.10 Å². The van der Waals surface area contributed by atoms with Crippen LogP contribution in [0.2, 0.25) is 0 Å². The van der Waals surface area contributed by atoms with E-state index in [0.717, 1.165) is 17.1 Å². The van der Waals surface area contributed by atoms with Gasteiger partial charge in [0.25, 0.3) is 0 Å². The zero-order chi connectivity index (χ0) is 12.5. The van der Waals surface area contributed by atoms with E-state index < -0.39 is 0 Å². The summed E-state index contributed by atoms with van der Waals surface area (Å²) in [7, 11) is 0. The fourth-order valence-corrected chi connectivity index (χ4v) is 2.26. The smallest absolute Gasteiger partial charge is 0.134 e. The van der Waals surface area contributed by atoms with Crippen molar-refractivity contribution in [2.75, 3.05) is 0 Å². The van der Waals surface area contributed by atoms with Gasteiger partial charge in [0.2, 0.25) is 0 Å². The number of furan rings is 1. The molecule has 0 saturated heterocycles. The van der Waals surface area contributed by atoms with Gasteiger partial charge >= 0.3 is 0 Å². The van der Waals surface area contributed by atoms with Crippen LogP contribution in [-0.4, -0.2) is 11.2 Å². The lowest BCUT2D eigenvalue weighted by atomic mass is 10.1. The van der Waals surface area contributed by atoms with E-state index in [4.69, 9.17) is 9.15 Å². The fraction of sp³-hybridized carbons (Fsp3) is 0.333. The van der Waals surface area contributed by atoms with Crippen molar-refractivity contribution >= 4 is 0 Å². The Morgan fingerprint density at radius 3 is 2.83 bits per heavy atom.